The lowest BCUT2D eigenvalue weighted by atomic mass is 9.94. The molecule has 0 saturated carbocycles. The number of thiazole rings is 1. The van der Waals surface area contributed by atoms with Crippen molar-refractivity contribution in [1.29, 1.82) is 0 Å². The molecule has 1 aliphatic rings. The van der Waals surface area contributed by atoms with Crippen LogP contribution in [0.25, 0.3) is 0 Å². The number of likely N-dealkylation sites (N-methyl/N-ethyl adjacent to an activating group) is 1. The molecule has 1 fully saturated rings. The highest BCUT2D eigenvalue weighted by Crippen LogP contribution is 2.32. The Morgan fingerprint density at radius 2 is 2.44 bits per heavy atom. The van der Waals surface area contributed by atoms with Crippen molar-refractivity contribution in [1.82, 2.24) is 9.88 Å². The van der Waals surface area contributed by atoms with Gasteiger partial charge in [-0.3, -0.25) is 0 Å². The molecule has 1 aliphatic heterocycles. The van der Waals surface area contributed by atoms with Crippen molar-refractivity contribution < 1.29 is 9.90 Å². The third kappa shape index (κ3) is 2.17. The highest BCUT2D eigenvalue weighted by molar-refractivity contribution is 7.17. The van der Waals surface area contributed by atoms with Crippen molar-refractivity contribution in [2.45, 2.75) is 18.8 Å². The van der Waals surface area contributed by atoms with Gasteiger partial charge in [-0.15, -0.1) is 0 Å². The molecule has 0 amide bonds. The van der Waals surface area contributed by atoms with Gasteiger partial charge in [0, 0.05) is 12.5 Å². The lowest BCUT2D eigenvalue weighted by Gasteiger charge is -2.28. The fourth-order valence-corrected chi connectivity index (χ4v) is 2.93. The Morgan fingerprint density at radius 1 is 1.69 bits per heavy atom. The molecule has 0 aliphatic carbocycles. The van der Waals surface area contributed by atoms with Gasteiger partial charge in [-0.25, -0.2) is 9.78 Å². The second-order valence-electron chi connectivity index (χ2n) is 4.17. The molecule has 1 saturated heterocycles. The van der Waals surface area contributed by atoms with Crippen LogP contribution in [0.1, 0.15) is 34.1 Å². The van der Waals surface area contributed by atoms with E-state index in [1.807, 2.05) is 7.05 Å². The Morgan fingerprint density at radius 3 is 3.06 bits per heavy atom. The Hall–Kier alpha value is -1.14. The van der Waals surface area contributed by atoms with Crippen molar-refractivity contribution >= 4 is 22.4 Å². The largest absolute Gasteiger partial charge is 0.477 e. The molecule has 3 N–H and O–H groups in total. The number of likely N-dealkylation sites (tertiary alicyclic amines) is 1. The van der Waals surface area contributed by atoms with Gasteiger partial charge in [0.05, 0.1) is 5.69 Å². The number of nitrogens with two attached hydrogens (primary N) is 1. The van der Waals surface area contributed by atoms with Crippen molar-refractivity contribution in [3.05, 3.63) is 10.6 Å². The average molecular weight is 241 g/mol. The molecule has 2 rings (SSSR count). The Kier molecular flexibility index (Phi) is 3.11. The van der Waals surface area contributed by atoms with Crippen LogP contribution in [0.5, 0.6) is 0 Å². The molecule has 16 heavy (non-hydrogen) atoms. The average Bonchev–Trinajstić information content (AvgIpc) is 2.60. The van der Waals surface area contributed by atoms with E-state index in [1.54, 1.807) is 0 Å². The van der Waals surface area contributed by atoms with E-state index in [0.717, 1.165) is 37.3 Å². The SMILES string of the molecule is CN1CCCC(c2nc(N)sc2C(=O)O)C1. The first-order valence-corrected chi connectivity index (χ1v) is 6.07. The monoisotopic (exact) mass is 241 g/mol. The van der Waals surface area contributed by atoms with Crippen molar-refractivity contribution in [3.8, 4) is 0 Å². The summed E-state index contributed by atoms with van der Waals surface area (Å²) in [5.74, 6) is -0.712. The molecule has 6 heteroatoms. The van der Waals surface area contributed by atoms with E-state index in [1.165, 1.54) is 0 Å². The highest BCUT2D eigenvalue weighted by Gasteiger charge is 2.27. The molecule has 0 radical (unpaired) electrons. The van der Waals surface area contributed by atoms with Crippen LogP contribution in [0.2, 0.25) is 0 Å². The van der Waals surface area contributed by atoms with Gasteiger partial charge >= 0.3 is 5.97 Å². The molecule has 1 unspecified atom stereocenters. The molecular weight excluding hydrogens is 226 g/mol. The molecule has 1 aromatic heterocycles. The van der Waals surface area contributed by atoms with E-state index in [-0.39, 0.29) is 5.92 Å². The molecule has 2 heterocycles. The van der Waals surface area contributed by atoms with Crippen LogP contribution in [-0.2, 0) is 0 Å². The Bertz CT molecular complexity index is 405. The number of hydrogen-bond acceptors (Lipinski definition) is 5. The van der Waals surface area contributed by atoms with E-state index in [0.29, 0.717) is 15.7 Å². The van der Waals surface area contributed by atoms with Crippen LogP contribution in [0, 0.1) is 0 Å². The summed E-state index contributed by atoms with van der Waals surface area (Å²) in [4.78, 5) is 17.7. The van der Waals surface area contributed by atoms with Crippen molar-refractivity contribution in [2.24, 2.45) is 0 Å². The van der Waals surface area contributed by atoms with E-state index in [4.69, 9.17) is 10.8 Å². The lowest BCUT2D eigenvalue weighted by Crippen LogP contribution is -2.31. The van der Waals surface area contributed by atoms with Gasteiger partial charge in [-0.05, 0) is 26.4 Å². The van der Waals surface area contributed by atoms with Crippen LogP contribution >= 0.6 is 11.3 Å². The van der Waals surface area contributed by atoms with E-state index in [2.05, 4.69) is 9.88 Å². The smallest absolute Gasteiger partial charge is 0.347 e. The fraction of sp³-hybridized carbons (Fsp3) is 0.600. The zero-order valence-corrected chi connectivity index (χ0v) is 9.96. The summed E-state index contributed by atoms with van der Waals surface area (Å²) < 4.78 is 0. The summed E-state index contributed by atoms with van der Waals surface area (Å²) >= 11 is 1.07. The first kappa shape index (κ1) is 11.3. The van der Waals surface area contributed by atoms with Crippen LogP contribution in [0.4, 0.5) is 5.13 Å². The van der Waals surface area contributed by atoms with Gasteiger partial charge in [-0.2, -0.15) is 0 Å². The molecular formula is C10H15N3O2S. The maximum absolute atomic E-state index is 11.1. The highest BCUT2D eigenvalue weighted by atomic mass is 32.1. The second-order valence-corrected chi connectivity index (χ2v) is 5.20. The van der Waals surface area contributed by atoms with Gasteiger partial charge in [0.25, 0.3) is 0 Å². The maximum Gasteiger partial charge on any atom is 0.347 e. The number of rotatable bonds is 2. The third-order valence-electron chi connectivity index (χ3n) is 2.88. The van der Waals surface area contributed by atoms with E-state index in [9.17, 15) is 4.79 Å². The second kappa shape index (κ2) is 4.39. The van der Waals surface area contributed by atoms with Gasteiger partial charge in [0.15, 0.2) is 5.13 Å². The number of nitrogens with zero attached hydrogens (tertiary/aromatic N) is 2. The zero-order chi connectivity index (χ0) is 11.7. The number of aromatic carboxylic acids is 1. The summed E-state index contributed by atoms with van der Waals surface area (Å²) in [6, 6.07) is 0. The van der Waals surface area contributed by atoms with Crippen molar-refractivity contribution in [2.75, 3.05) is 25.9 Å². The third-order valence-corrected chi connectivity index (χ3v) is 3.76. The van der Waals surface area contributed by atoms with Gasteiger partial charge < -0.3 is 15.7 Å². The van der Waals surface area contributed by atoms with Gasteiger partial charge in [-0.1, -0.05) is 11.3 Å². The molecule has 1 aromatic rings. The zero-order valence-electron chi connectivity index (χ0n) is 9.14. The maximum atomic E-state index is 11.1. The van der Waals surface area contributed by atoms with Crippen LogP contribution in [0.15, 0.2) is 0 Å². The summed E-state index contributed by atoms with van der Waals surface area (Å²) in [7, 11) is 2.04. The number of carbonyl (C=O) groups is 1. The Balaban J connectivity index is 2.28. The number of aromatic nitrogens is 1. The summed E-state index contributed by atoms with van der Waals surface area (Å²) in [6.45, 7) is 1.93. The van der Waals surface area contributed by atoms with Crippen molar-refractivity contribution in [3.63, 3.8) is 0 Å². The molecule has 0 spiro atoms. The number of nitrogen functional groups attached to an aromatic ring is 1. The minimum atomic E-state index is -0.919. The van der Waals surface area contributed by atoms with Crippen LogP contribution < -0.4 is 5.73 Å². The van der Waals surface area contributed by atoms with Crippen LogP contribution in [0.3, 0.4) is 0 Å². The van der Waals surface area contributed by atoms with E-state index >= 15 is 0 Å². The number of anilines is 1. The van der Waals surface area contributed by atoms with E-state index < -0.39 is 5.97 Å². The van der Waals surface area contributed by atoms with Gasteiger partial charge in [0.1, 0.15) is 4.88 Å². The lowest BCUT2D eigenvalue weighted by molar-refractivity contribution is 0.0699. The first-order valence-electron chi connectivity index (χ1n) is 5.26. The van der Waals surface area contributed by atoms with Gasteiger partial charge in [0.2, 0.25) is 0 Å². The number of carboxylic acid groups (broad SMARTS) is 1. The fourth-order valence-electron chi connectivity index (χ4n) is 2.17. The molecule has 0 bridgehead atoms. The number of piperidine rings is 1. The minimum absolute atomic E-state index is 0.207. The summed E-state index contributed by atoms with van der Waals surface area (Å²) in [6.07, 6.45) is 2.07. The standard InChI is InChI=1S/C10H15N3O2S/c1-13-4-2-3-6(5-13)7-8(9(14)15)16-10(11)12-7/h6H,2-5H2,1H3,(H2,11,12)(H,14,15). The predicted molar refractivity (Wildman–Crippen MR) is 63.0 cm³/mol. The number of hydrogen-bond donors (Lipinski definition) is 2. The molecule has 1 atom stereocenters. The Labute approximate surface area is 97.9 Å². The number of carboxylic acids is 1. The summed E-state index contributed by atoms with van der Waals surface area (Å²) in [5.41, 5.74) is 6.26. The first-order chi connectivity index (χ1) is 7.58. The summed E-state index contributed by atoms with van der Waals surface area (Å²) in [5, 5.41) is 9.42. The topological polar surface area (TPSA) is 79.5 Å². The minimum Gasteiger partial charge on any atom is -0.477 e. The molecule has 5 nitrogen and oxygen atoms in total. The predicted octanol–water partition coefficient (Wildman–Crippen LogP) is 1.23. The normalized spacial score (nSPS) is 22.2. The molecule has 0 aromatic carbocycles. The quantitative estimate of drug-likeness (QED) is 0.814. The molecule has 88 valence electrons. The van der Waals surface area contributed by atoms with Crippen LogP contribution in [-0.4, -0.2) is 41.1 Å².